The molecule has 1 aromatic carbocycles. The van der Waals surface area contributed by atoms with Gasteiger partial charge >= 0.3 is 0 Å². The second-order valence-electron chi connectivity index (χ2n) is 3.93. The van der Waals surface area contributed by atoms with E-state index in [0.29, 0.717) is 18.7 Å². The monoisotopic (exact) mass is 207 g/mol. The number of alkyl halides is 1. The molecule has 1 aliphatic heterocycles. The van der Waals surface area contributed by atoms with Gasteiger partial charge in [0.25, 0.3) is 5.91 Å². The molecule has 1 aliphatic rings. The first-order valence-electron chi connectivity index (χ1n) is 5.21. The number of hydrogen-bond donors (Lipinski definition) is 0. The smallest absolute Gasteiger partial charge is 0.253 e. The molecule has 1 fully saturated rings. The number of rotatable bonds is 2. The predicted octanol–water partition coefficient (Wildman–Crippen LogP) is 2.12. The summed E-state index contributed by atoms with van der Waals surface area (Å²) < 4.78 is 12.4. The third-order valence-electron chi connectivity index (χ3n) is 2.81. The summed E-state index contributed by atoms with van der Waals surface area (Å²) in [5, 5.41) is 0. The summed E-state index contributed by atoms with van der Waals surface area (Å²) in [5.41, 5.74) is 0.692. The second-order valence-corrected chi connectivity index (χ2v) is 3.93. The number of amides is 1. The van der Waals surface area contributed by atoms with Crippen molar-refractivity contribution in [2.75, 3.05) is 19.8 Å². The maximum absolute atomic E-state index is 12.4. The summed E-state index contributed by atoms with van der Waals surface area (Å²) in [7, 11) is 0. The van der Waals surface area contributed by atoms with Gasteiger partial charge in [0.15, 0.2) is 0 Å². The van der Waals surface area contributed by atoms with Gasteiger partial charge < -0.3 is 4.90 Å². The molecule has 1 aromatic rings. The van der Waals surface area contributed by atoms with Crippen LogP contribution in [0.5, 0.6) is 0 Å². The summed E-state index contributed by atoms with van der Waals surface area (Å²) in [6.07, 6.45) is 0.787. The lowest BCUT2D eigenvalue weighted by Crippen LogP contribution is -2.28. The quantitative estimate of drug-likeness (QED) is 0.727. The van der Waals surface area contributed by atoms with Crippen molar-refractivity contribution in [1.82, 2.24) is 4.90 Å². The normalized spacial score (nSPS) is 20.6. The number of hydrogen-bond acceptors (Lipinski definition) is 1. The molecule has 0 N–H and O–H groups in total. The van der Waals surface area contributed by atoms with Gasteiger partial charge in [0.05, 0.1) is 6.67 Å². The summed E-state index contributed by atoms with van der Waals surface area (Å²) in [5.74, 6) is 0.0595. The number of halogens is 1. The first-order valence-corrected chi connectivity index (χ1v) is 5.21. The standard InChI is InChI=1S/C12H14FNO/c13-8-10-6-7-14(9-10)12(15)11-4-2-1-3-5-11/h1-5,10H,6-9H2. The van der Waals surface area contributed by atoms with Crippen LogP contribution in [0.15, 0.2) is 30.3 Å². The van der Waals surface area contributed by atoms with Gasteiger partial charge in [-0.15, -0.1) is 0 Å². The van der Waals surface area contributed by atoms with Crippen molar-refractivity contribution in [3.8, 4) is 0 Å². The molecule has 1 unspecified atom stereocenters. The SMILES string of the molecule is O=C(c1ccccc1)N1CCC(CF)C1. The molecule has 0 saturated carbocycles. The topological polar surface area (TPSA) is 20.3 Å². The highest BCUT2D eigenvalue weighted by atomic mass is 19.1. The van der Waals surface area contributed by atoms with Gasteiger partial charge in [-0.05, 0) is 18.6 Å². The summed E-state index contributed by atoms with van der Waals surface area (Å²) in [6.45, 7) is 0.922. The molecule has 0 spiro atoms. The van der Waals surface area contributed by atoms with E-state index in [2.05, 4.69) is 0 Å². The first kappa shape index (κ1) is 10.1. The third kappa shape index (κ3) is 2.17. The van der Waals surface area contributed by atoms with Gasteiger partial charge in [-0.3, -0.25) is 9.18 Å². The molecule has 1 amide bonds. The fourth-order valence-corrected chi connectivity index (χ4v) is 1.91. The van der Waals surface area contributed by atoms with Crippen molar-refractivity contribution in [3.63, 3.8) is 0 Å². The molecule has 1 heterocycles. The Morgan fingerprint density at radius 3 is 2.73 bits per heavy atom. The Bertz CT molecular complexity index is 339. The highest BCUT2D eigenvalue weighted by molar-refractivity contribution is 5.94. The number of carbonyl (C=O) groups excluding carboxylic acids is 1. The van der Waals surface area contributed by atoms with Crippen molar-refractivity contribution < 1.29 is 9.18 Å². The molecule has 0 bridgehead atoms. The van der Waals surface area contributed by atoms with E-state index in [9.17, 15) is 9.18 Å². The van der Waals surface area contributed by atoms with Crippen LogP contribution in [0.4, 0.5) is 4.39 Å². The molecule has 80 valence electrons. The van der Waals surface area contributed by atoms with Crippen LogP contribution in [-0.2, 0) is 0 Å². The Labute approximate surface area is 88.7 Å². The van der Waals surface area contributed by atoms with Gasteiger partial charge in [-0.2, -0.15) is 0 Å². The van der Waals surface area contributed by atoms with Crippen molar-refractivity contribution in [2.45, 2.75) is 6.42 Å². The van der Waals surface area contributed by atoms with Gasteiger partial charge in [-0.25, -0.2) is 0 Å². The van der Waals surface area contributed by atoms with Crippen LogP contribution in [0.2, 0.25) is 0 Å². The van der Waals surface area contributed by atoms with Crippen LogP contribution in [0.25, 0.3) is 0 Å². The van der Waals surface area contributed by atoms with Crippen molar-refractivity contribution in [2.24, 2.45) is 5.92 Å². The zero-order valence-corrected chi connectivity index (χ0v) is 8.53. The minimum atomic E-state index is -0.321. The third-order valence-corrected chi connectivity index (χ3v) is 2.81. The molecule has 0 aromatic heterocycles. The number of nitrogens with zero attached hydrogens (tertiary/aromatic N) is 1. The van der Waals surface area contributed by atoms with E-state index >= 15 is 0 Å². The van der Waals surface area contributed by atoms with Crippen molar-refractivity contribution in [3.05, 3.63) is 35.9 Å². The van der Waals surface area contributed by atoms with E-state index in [0.717, 1.165) is 6.42 Å². The lowest BCUT2D eigenvalue weighted by molar-refractivity contribution is 0.0785. The summed E-state index contributed by atoms with van der Waals surface area (Å²) in [6, 6.07) is 9.16. The predicted molar refractivity (Wildman–Crippen MR) is 56.4 cm³/mol. The fraction of sp³-hybridized carbons (Fsp3) is 0.417. The van der Waals surface area contributed by atoms with Crippen LogP contribution >= 0.6 is 0 Å². The van der Waals surface area contributed by atoms with E-state index in [1.807, 2.05) is 18.2 Å². The molecule has 0 radical (unpaired) electrons. The number of carbonyl (C=O) groups is 1. The molecular formula is C12H14FNO. The molecule has 2 rings (SSSR count). The maximum atomic E-state index is 12.4. The highest BCUT2D eigenvalue weighted by Gasteiger charge is 2.26. The number of benzene rings is 1. The Balaban J connectivity index is 2.04. The Morgan fingerprint density at radius 2 is 2.13 bits per heavy atom. The Morgan fingerprint density at radius 1 is 1.40 bits per heavy atom. The fourth-order valence-electron chi connectivity index (χ4n) is 1.91. The molecule has 0 aliphatic carbocycles. The van der Waals surface area contributed by atoms with E-state index in [1.54, 1.807) is 17.0 Å². The molecule has 1 saturated heterocycles. The van der Waals surface area contributed by atoms with E-state index in [4.69, 9.17) is 0 Å². The van der Waals surface area contributed by atoms with Crippen LogP contribution < -0.4 is 0 Å². The van der Waals surface area contributed by atoms with E-state index in [-0.39, 0.29) is 18.5 Å². The average Bonchev–Trinajstić information content (AvgIpc) is 2.78. The largest absolute Gasteiger partial charge is 0.338 e. The lowest BCUT2D eigenvalue weighted by Gasteiger charge is -2.15. The molecule has 15 heavy (non-hydrogen) atoms. The minimum Gasteiger partial charge on any atom is -0.338 e. The van der Waals surface area contributed by atoms with Crippen molar-refractivity contribution in [1.29, 1.82) is 0 Å². The molecule has 3 heteroatoms. The average molecular weight is 207 g/mol. The minimum absolute atomic E-state index is 0.0200. The van der Waals surface area contributed by atoms with Crippen LogP contribution in [0.3, 0.4) is 0 Å². The molecular weight excluding hydrogens is 193 g/mol. The van der Waals surface area contributed by atoms with Crippen LogP contribution in [-0.4, -0.2) is 30.6 Å². The van der Waals surface area contributed by atoms with Gasteiger partial charge in [0, 0.05) is 24.6 Å². The van der Waals surface area contributed by atoms with Gasteiger partial charge in [-0.1, -0.05) is 18.2 Å². The summed E-state index contributed by atoms with van der Waals surface area (Å²) >= 11 is 0. The van der Waals surface area contributed by atoms with E-state index < -0.39 is 0 Å². The maximum Gasteiger partial charge on any atom is 0.253 e. The molecule has 1 atom stereocenters. The highest BCUT2D eigenvalue weighted by Crippen LogP contribution is 2.18. The lowest BCUT2D eigenvalue weighted by atomic mass is 10.1. The zero-order chi connectivity index (χ0) is 10.7. The van der Waals surface area contributed by atoms with E-state index in [1.165, 1.54) is 0 Å². The van der Waals surface area contributed by atoms with Gasteiger partial charge in [0.2, 0.25) is 0 Å². The Kier molecular flexibility index (Phi) is 2.99. The second kappa shape index (κ2) is 4.43. The summed E-state index contributed by atoms with van der Waals surface area (Å²) in [4.78, 5) is 13.6. The number of likely N-dealkylation sites (tertiary alicyclic amines) is 1. The van der Waals surface area contributed by atoms with Crippen LogP contribution in [0, 0.1) is 5.92 Å². The zero-order valence-electron chi connectivity index (χ0n) is 8.53. The first-order chi connectivity index (χ1) is 7.31. The molecule has 2 nitrogen and oxygen atoms in total. The Hall–Kier alpha value is -1.38. The van der Waals surface area contributed by atoms with Crippen LogP contribution in [0.1, 0.15) is 16.8 Å². The van der Waals surface area contributed by atoms with Gasteiger partial charge in [0.1, 0.15) is 0 Å². The van der Waals surface area contributed by atoms with Crippen molar-refractivity contribution >= 4 is 5.91 Å².